The monoisotopic (exact) mass is 466 g/mol. The van der Waals surface area contributed by atoms with E-state index in [-0.39, 0.29) is 23.3 Å². The highest BCUT2D eigenvalue weighted by atomic mass is 16.5. The zero-order valence-corrected chi connectivity index (χ0v) is 21.0. The first-order valence-electron chi connectivity index (χ1n) is 12.0. The highest BCUT2D eigenvalue weighted by Crippen LogP contribution is 2.44. The van der Waals surface area contributed by atoms with Crippen molar-refractivity contribution in [3.63, 3.8) is 0 Å². The molecule has 0 bridgehead atoms. The predicted octanol–water partition coefficient (Wildman–Crippen LogP) is 5.82. The van der Waals surface area contributed by atoms with E-state index in [4.69, 9.17) is 9.84 Å². The lowest BCUT2D eigenvalue weighted by Gasteiger charge is -2.31. The Labute approximate surface area is 203 Å². The Bertz CT molecular complexity index is 970. The Morgan fingerprint density at radius 1 is 1.18 bits per heavy atom. The molecule has 2 N–H and O–H groups in total. The van der Waals surface area contributed by atoms with Crippen molar-refractivity contribution in [2.75, 3.05) is 7.11 Å². The van der Waals surface area contributed by atoms with Crippen LogP contribution in [0.25, 0.3) is 0 Å². The molecular weight excluding hydrogens is 428 g/mol. The summed E-state index contributed by atoms with van der Waals surface area (Å²) in [6.45, 7) is 8.67. The van der Waals surface area contributed by atoms with Gasteiger partial charge < -0.3 is 20.1 Å². The zero-order valence-electron chi connectivity index (χ0n) is 21.0. The van der Waals surface area contributed by atoms with Crippen LogP contribution in [0.15, 0.2) is 54.6 Å². The Hall–Kier alpha value is -3.02. The second kappa shape index (κ2) is 10.5. The van der Waals surface area contributed by atoms with Crippen molar-refractivity contribution < 1.29 is 19.4 Å². The lowest BCUT2D eigenvalue weighted by Crippen LogP contribution is -2.42. The fourth-order valence-electron chi connectivity index (χ4n) is 5.17. The average Bonchev–Trinajstić information content (AvgIpc) is 3.00. The van der Waals surface area contributed by atoms with E-state index in [0.717, 1.165) is 30.6 Å². The number of ether oxygens (including phenoxy) is 1. The number of nitrogens with zero attached hydrogens (tertiary/aromatic N) is 1. The molecule has 1 aliphatic rings. The van der Waals surface area contributed by atoms with Gasteiger partial charge in [-0.25, -0.2) is 4.79 Å². The van der Waals surface area contributed by atoms with Crippen LogP contribution in [-0.4, -0.2) is 40.2 Å². The summed E-state index contributed by atoms with van der Waals surface area (Å²) in [5.41, 5.74) is 1.50. The minimum absolute atomic E-state index is 0.0921. The molecule has 0 aliphatic carbocycles. The number of hydrogen-bond donors (Lipinski definition) is 2. The van der Waals surface area contributed by atoms with Crippen molar-refractivity contribution in [2.24, 2.45) is 5.92 Å². The highest BCUT2D eigenvalue weighted by molar-refractivity contribution is 5.83. The standard InChI is InChI=1S/C28H38N2O4/c1-27(2,29-26(32)33)17-9-12-23(21-10-7-6-8-11-21)24-18-28(3,4)30(25(24)31)19-20-13-15-22(34-5)16-14-20/h6-8,10-11,13-16,23-24,29H,9,12,17-19H2,1-5H3,(H,32,33)/t23-,24+/m1/s1. The van der Waals surface area contributed by atoms with Crippen LogP contribution in [-0.2, 0) is 11.3 Å². The third-order valence-corrected chi connectivity index (χ3v) is 7.01. The van der Waals surface area contributed by atoms with Gasteiger partial charge in [0, 0.05) is 23.5 Å². The lowest BCUT2D eigenvalue weighted by molar-refractivity contribution is -0.134. The quantitative estimate of drug-likeness (QED) is 0.462. The van der Waals surface area contributed by atoms with Crippen molar-refractivity contribution in [1.82, 2.24) is 10.2 Å². The van der Waals surface area contributed by atoms with Crippen LogP contribution in [0.4, 0.5) is 4.79 Å². The number of nitrogens with one attached hydrogen (secondary N) is 1. The number of carbonyl (C=O) groups is 2. The molecule has 1 heterocycles. The number of rotatable bonds is 10. The van der Waals surface area contributed by atoms with Gasteiger partial charge in [-0.05, 0) is 76.1 Å². The van der Waals surface area contributed by atoms with Crippen molar-refractivity contribution in [1.29, 1.82) is 0 Å². The summed E-state index contributed by atoms with van der Waals surface area (Å²) in [6, 6.07) is 18.2. The van der Waals surface area contributed by atoms with Crippen LogP contribution in [0.5, 0.6) is 5.75 Å². The molecule has 1 saturated heterocycles. The number of amides is 2. The Kier molecular flexibility index (Phi) is 7.90. The molecule has 0 saturated carbocycles. The van der Waals surface area contributed by atoms with Crippen molar-refractivity contribution in [2.45, 2.75) is 76.9 Å². The van der Waals surface area contributed by atoms with Gasteiger partial charge in [0.2, 0.25) is 5.91 Å². The summed E-state index contributed by atoms with van der Waals surface area (Å²) in [5, 5.41) is 11.7. The average molecular weight is 467 g/mol. The normalized spacial score (nSPS) is 18.6. The molecule has 0 unspecified atom stereocenters. The molecule has 3 rings (SSSR count). The molecule has 184 valence electrons. The Balaban J connectivity index is 1.78. The number of hydrogen-bond acceptors (Lipinski definition) is 3. The molecule has 1 fully saturated rings. The minimum atomic E-state index is -1.01. The first kappa shape index (κ1) is 25.6. The third kappa shape index (κ3) is 6.31. The topological polar surface area (TPSA) is 78.9 Å². The SMILES string of the molecule is COc1ccc(CN2C(=O)[C@H]([C@H](CCCC(C)(C)NC(=O)O)c3ccccc3)CC2(C)C)cc1. The van der Waals surface area contributed by atoms with E-state index in [9.17, 15) is 9.59 Å². The second-order valence-electron chi connectivity index (χ2n) is 10.6. The van der Waals surface area contributed by atoms with Crippen LogP contribution in [0.3, 0.4) is 0 Å². The fraction of sp³-hybridized carbons (Fsp3) is 0.500. The van der Waals surface area contributed by atoms with Crippen molar-refractivity contribution in [3.05, 3.63) is 65.7 Å². The summed E-state index contributed by atoms with van der Waals surface area (Å²) in [4.78, 5) is 26.9. The van der Waals surface area contributed by atoms with Gasteiger partial charge >= 0.3 is 6.09 Å². The summed E-state index contributed by atoms with van der Waals surface area (Å²) >= 11 is 0. The lowest BCUT2D eigenvalue weighted by atomic mass is 9.78. The molecular formula is C28H38N2O4. The van der Waals surface area contributed by atoms with E-state index in [1.165, 1.54) is 5.56 Å². The number of methoxy groups -OCH3 is 1. The van der Waals surface area contributed by atoms with Crippen LogP contribution < -0.4 is 10.1 Å². The summed E-state index contributed by atoms with van der Waals surface area (Å²) in [5.74, 6) is 0.983. The van der Waals surface area contributed by atoms with Gasteiger partial charge in [-0.3, -0.25) is 4.79 Å². The second-order valence-corrected chi connectivity index (χ2v) is 10.6. The van der Waals surface area contributed by atoms with E-state index >= 15 is 0 Å². The van der Waals surface area contributed by atoms with Crippen molar-refractivity contribution in [3.8, 4) is 5.75 Å². The van der Waals surface area contributed by atoms with Gasteiger partial charge in [0.05, 0.1) is 7.11 Å². The minimum Gasteiger partial charge on any atom is -0.497 e. The maximum atomic E-state index is 13.8. The smallest absolute Gasteiger partial charge is 0.405 e. The predicted molar refractivity (Wildman–Crippen MR) is 134 cm³/mol. The molecule has 34 heavy (non-hydrogen) atoms. The molecule has 1 aliphatic heterocycles. The van der Waals surface area contributed by atoms with Crippen LogP contribution in [0, 0.1) is 5.92 Å². The first-order valence-corrected chi connectivity index (χ1v) is 12.0. The van der Waals surface area contributed by atoms with Gasteiger partial charge in [0.15, 0.2) is 0 Å². The van der Waals surface area contributed by atoms with Gasteiger partial charge in [0.25, 0.3) is 0 Å². The van der Waals surface area contributed by atoms with E-state index in [1.807, 2.05) is 61.2 Å². The molecule has 2 atom stereocenters. The largest absolute Gasteiger partial charge is 0.497 e. The molecule has 2 amide bonds. The van der Waals surface area contributed by atoms with E-state index < -0.39 is 11.6 Å². The summed E-state index contributed by atoms with van der Waals surface area (Å²) in [7, 11) is 1.65. The number of benzene rings is 2. The highest BCUT2D eigenvalue weighted by Gasteiger charge is 2.47. The molecule has 0 spiro atoms. The summed E-state index contributed by atoms with van der Waals surface area (Å²) < 4.78 is 5.26. The van der Waals surface area contributed by atoms with Crippen LogP contribution in [0.2, 0.25) is 0 Å². The van der Waals surface area contributed by atoms with Gasteiger partial charge in [-0.15, -0.1) is 0 Å². The number of carboxylic acid groups (broad SMARTS) is 1. The van der Waals surface area contributed by atoms with E-state index in [0.29, 0.717) is 13.0 Å². The van der Waals surface area contributed by atoms with E-state index in [2.05, 4.69) is 31.3 Å². The first-order chi connectivity index (χ1) is 16.0. The maximum Gasteiger partial charge on any atom is 0.405 e. The molecule has 2 aromatic carbocycles. The van der Waals surface area contributed by atoms with Gasteiger partial charge in [-0.2, -0.15) is 0 Å². The zero-order chi connectivity index (χ0) is 24.9. The molecule has 6 nitrogen and oxygen atoms in total. The number of likely N-dealkylation sites (tertiary alicyclic amines) is 1. The van der Waals surface area contributed by atoms with Crippen LogP contribution in [0.1, 0.15) is 70.4 Å². The van der Waals surface area contributed by atoms with Gasteiger partial charge in [-0.1, -0.05) is 48.9 Å². The van der Waals surface area contributed by atoms with Crippen molar-refractivity contribution >= 4 is 12.0 Å². The van der Waals surface area contributed by atoms with Gasteiger partial charge in [0.1, 0.15) is 5.75 Å². The van der Waals surface area contributed by atoms with Crippen LogP contribution >= 0.6 is 0 Å². The number of carbonyl (C=O) groups excluding carboxylic acids is 1. The molecule has 0 radical (unpaired) electrons. The molecule has 6 heteroatoms. The Morgan fingerprint density at radius 3 is 2.41 bits per heavy atom. The van der Waals surface area contributed by atoms with E-state index in [1.54, 1.807) is 7.11 Å². The summed E-state index contributed by atoms with van der Waals surface area (Å²) in [6.07, 6.45) is 2.15. The third-order valence-electron chi connectivity index (χ3n) is 7.01. The molecule has 2 aromatic rings. The maximum absolute atomic E-state index is 13.8. The Morgan fingerprint density at radius 2 is 1.82 bits per heavy atom. The fourth-order valence-corrected chi connectivity index (χ4v) is 5.17. The molecule has 0 aromatic heterocycles.